The number of methoxy groups -OCH3 is 1. The molecule has 2 aromatic carbocycles. The van der Waals surface area contributed by atoms with Crippen LogP contribution in [0, 0.1) is 17.8 Å². The van der Waals surface area contributed by atoms with Gasteiger partial charge in [0.1, 0.15) is 5.75 Å². The average molecular weight is 520 g/mol. The lowest BCUT2D eigenvalue weighted by molar-refractivity contribution is -0.137. The van der Waals surface area contributed by atoms with Crippen molar-refractivity contribution in [1.29, 1.82) is 0 Å². The van der Waals surface area contributed by atoms with Gasteiger partial charge in [0.05, 0.1) is 31.7 Å². The molecule has 2 aliphatic rings. The quantitative estimate of drug-likeness (QED) is 0.272. The lowest BCUT2D eigenvalue weighted by Crippen LogP contribution is -2.40. The number of fused-ring (bicyclic) bond motifs is 1. The van der Waals surface area contributed by atoms with Gasteiger partial charge >= 0.3 is 6.09 Å². The topological polar surface area (TPSA) is 124 Å². The van der Waals surface area contributed by atoms with E-state index in [1.165, 1.54) is 0 Å². The van der Waals surface area contributed by atoms with Gasteiger partial charge in [0.25, 0.3) is 0 Å². The first-order valence-corrected chi connectivity index (χ1v) is 12.8. The van der Waals surface area contributed by atoms with Crippen LogP contribution in [0.2, 0.25) is 0 Å². The van der Waals surface area contributed by atoms with Crippen LogP contribution in [0.4, 0.5) is 4.79 Å². The minimum Gasteiger partial charge on any atom is -0.508 e. The summed E-state index contributed by atoms with van der Waals surface area (Å²) in [6.07, 6.45) is 1.64. The maximum absolute atomic E-state index is 13.1. The maximum Gasteiger partial charge on any atom is 0.423 e. The molecule has 1 aliphatic heterocycles. The van der Waals surface area contributed by atoms with Crippen molar-refractivity contribution in [2.24, 2.45) is 17.8 Å². The van der Waals surface area contributed by atoms with Gasteiger partial charge in [0.15, 0.2) is 0 Å². The van der Waals surface area contributed by atoms with Crippen molar-refractivity contribution in [1.82, 2.24) is 4.90 Å². The highest BCUT2D eigenvalue weighted by molar-refractivity contribution is 6.16. The fourth-order valence-corrected chi connectivity index (χ4v) is 5.74. The minimum atomic E-state index is -1.03. The van der Waals surface area contributed by atoms with Gasteiger partial charge in [-0.05, 0) is 60.1 Å². The van der Waals surface area contributed by atoms with Crippen molar-refractivity contribution in [2.45, 2.75) is 38.7 Å². The Bertz CT molecular complexity index is 1250. The van der Waals surface area contributed by atoms with E-state index < -0.39 is 48.4 Å². The molecular weight excluding hydrogens is 486 g/mol. The van der Waals surface area contributed by atoms with Crippen LogP contribution in [0.1, 0.15) is 43.7 Å². The second kappa shape index (κ2) is 11.8. The highest BCUT2D eigenvalue weighted by Gasteiger charge is 2.56. The highest BCUT2D eigenvalue weighted by Crippen LogP contribution is 2.47. The van der Waals surface area contributed by atoms with Gasteiger partial charge in [-0.1, -0.05) is 61.0 Å². The van der Waals surface area contributed by atoms with E-state index in [0.29, 0.717) is 29.7 Å². The predicted molar refractivity (Wildman–Crippen MR) is 141 cm³/mol. The Morgan fingerprint density at radius 1 is 1.11 bits per heavy atom. The van der Waals surface area contributed by atoms with Crippen molar-refractivity contribution in [3.05, 3.63) is 76.9 Å². The van der Waals surface area contributed by atoms with Crippen molar-refractivity contribution >= 4 is 29.6 Å². The van der Waals surface area contributed by atoms with E-state index in [0.717, 1.165) is 29.4 Å². The fourth-order valence-electron chi connectivity index (χ4n) is 5.74. The summed E-state index contributed by atoms with van der Waals surface area (Å²) < 4.78 is 4.64. The van der Waals surface area contributed by atoms with Gasteiger partial charge in [-0.15, -0.1) is 0 Å². The molecule has 1 saturated heterocycles. The molecule has 200 valence electrons. The normalized spacial score (nSPS) is 22.5. The van der Waals surface area contributed by atoms with E-state index in [-0.39, 0.29) is 12.2 Å². The Balaban J connectivity index is 1.62. The van der Waals surface area contributed by atoms with E-state index in [4.69, 9.17) is 0 Å². The fraction of sp³-hybridized carbons (Fsp3) is 0.367. The smallest absolute Gasteiger partial charge is 0.423 e. The Labute approximate surface area is 221 Å². The zero-order chi connectivity index (χ0) is 27.4. The lowest BCUT2D eigenvalue weighted by Gasteiger charge is -2.36. The number of phenols is 1. The summed E-state index contributed by atoms with van der Waals surface area (Å²) in [5.41, 5.74) is 4.28. The second-order valence-corrected chi connectivity index (χ2v) is 9.70. The number of aliphatic hydroxyl groups is 2. The van der Waals surface area contributed by atoms with Crippen LogP contribution in [0.15, 0.2) is 65.7 Å². The number of carbonyl (C=O) groups excluding carboxylic acids is 3. The molecule has 8 heteroatoms. The lowest BCUT2D eigenvalue weighted by atomic mass is 9.67. The molecule has 0 unspecified atom stereocenters. The van der Waals surface area contributed by atoms with Gasteiger partial charge in [0, 0.05) is 5.92 Å². The number of carbonyl (C=O) groups is 3. The number of nitrogens with zero attached hydrogens (tertiary/aromatic N) is 1. The molecular formula is C30H33NO7. The summed E-state index contributed by atoms with van der Waals surface area (Å²) in [6.45, 7) is 1.48. The van der Waals surface area contributed by atoms with Crippen molar-refractivity contribution < 1.29 is 34.4 Å². The van der Waals surface area contributed by atoms with Crippen LogP contribution in [0.3, 0.4) is 0 Å². The number of phenolic OH excluding ortho intramolecular Hbond substituents is 1. The van der Waals surface area contributed by atoms with Crippen LogP contribution in [0.25, 0.3) is 11.6 Å². The Hall–Kier alpha value is -3.75. The number of amides is 3. The van der Waals surface area contributed by atoms with E-state index in [1.807, 2.05) is 55.5 Å². The van der Waals surface area contributed by atoms with Crippen molar-refractivity contribution in [2.75, 3.05) is 13.7 Å². The van der Waals surface area contributed by atoms with Gasteiger partial charge < -0.3 is 20.1 Å². The van der Waals surface area contributed by atoms with E-state index >= 15 is 0 Å². The van der Waals surface area contributed by atoms with Crippen molar-refractivity contribution in [3.63, 3.8) is 0 Å². The SMILES string of the molecule is CCC1=C([C@H](O)CC/C(=C/c2ccc(O)cc2)c2ccccc2)[C@H](CO)[C@@H]2C(=O)N(C(=O)OC)C(=O)[C@@H]2C1. The third-order valence-corrected chi connectivity index (χ3v) is 7.59. The predicted octanol–water partition coefficient (Wildman–Crippen LogP) is 4.16. The molecule has 3 N–H and O–H groups in total. The van der Waals surface area contributed by atoms with Gasteiger partial charge in [-0.3, -0.25) is 9.59 Å². The molecule has 4 atom stereocenters. The molecule has 0 spiro atoms. The summed E-state index contributed by atoms with van der Waals surface area (Å²) in [6, 6.07) is 16.6. The number of hydrogen-bond acceptors (Lipinski definition) is 7. The number of hydrogen-bond donors (Lipinski definition) is 3. The molecule has 1 aliphatic carbocycles. The van der Waals surface area contributed by atoms with E-state index in [1.54, 1.807) is 12.1 Å². The van der Waals surface area contributed by atoms with Gasteiger partial charge in [-0.25, -0.2) is 4.79 Å². The van der Waals surface area contributed by atoms with E-state index in [9.17, 15) is 29.7 Å². The molecule has 0 radical (unpaired) electrons. The summed E-state index contributed by atoms with van der Waals surface area (Å²) in [7, 11) is 1.11. The first-order valence-electron chi connectivity index (χ1n) is 12.8. The first kappa shape index (κ1) is 27.3. The molecule has 8 nitrogen and oxygen atoms in total. The number of rotatable bonds is 8. The number of benzene rings is 2. The molecule has 0 aromatic heterocycles. The Kier molecular flexibility index (Phi) is 8.44. The molecule has 1 heterocycles. The summed E-state index contributed by atoms with van der Waals surface area (Å²) in [5, 5.41) is 31.4. The monoisotopic (exact) mass is 519 g/mol. The van der Waals surface area contributed by atoms with Crippen LogP contribution in [0.5, 0.6) is 5.75 Å². The van der Waals surface area contributed by atoms with Crippen LogP contribution in [-0.2, 0) is 14.3 Å². The minimum absolute atomic E-state index is 0.175. The average Bonchev–Trinajstić information content (AvgIpc) is 3.19. The molecule has 0 bridgehead atoms. The summed E-state index contributed by atoms with van der Waals surface area (Å²) in [4.78, 5) is 38.7. The van der Waals surface area contributed by atoms with Crippen molar-refractivity contribution in [3.8, 4) is 5.75 Å². The molecule has 38 heavy (non-hydrogen) atoms. The third-order valence-electron chi connectivity index (χ3n) is 7.59. The van der Waals surface area contributed by atoms with E-state index in [2.05, 4.69) is 4.74 Å². The van der Waals surface area contributed by atoms with Crippen LogP contribution >= 0.6 is 0 Å². The molecule has 0 saturated carbocycles. The number of imide groups is 3. The first-order chi connectivity index (χ1) is 18.3. The number of ether oxygens (including phenoxy) is 1. The summed E-state index contributed by atoms with van der Waals surface area (Å²) in [5.74, 6) is -3.59. The zero-order valence-electron chi connectivity index (χ0n) is 21.5. The standard InChI is InChI=1S/C30H33NO7/c1-3-19-16-23-27(29(36)31(28(23)35)30(37)38-2)24(17-32)26(19)25(34)14-11-21(20-7-5-4-6-8-20)15-18-9-12-22(33)13-10-18/h4-10,12-13,15,23-25,27,32-34H,3,11,14,16-17H2,1-2H3/b21-15-/t23-,24+,25-,27-/m1/s1. The highest BCUT2D eigenvalue weighted by atomic mass is 16.5. The Morgan fingerprint density at radius 3 is 2.39 bits per heavy atom. The molecule has 2 aromatic rings. The van der Waals surface area contributed by atoms with Gasteiger partial charge in [0.2, 0.25) is 11.8 Å². The maximum atomic E-state index is 13.1. The van der Waals surface area contributed by atoms with Crippen LogP contribution in [-0.4, -0.2) is 57.9 Å². The number of aliphatic hydroxyl groups excluding tert-OH is 2. The second-order valence-electron chi connectivity index (χ2n) is 9.70. The number of aromatic hydroxyl groups is 1. The molecule has 1 fully saturated rings. The Morgan fingerprint density at radius 2 is 1.79 bits per heavy atom. The molecule has 3 amide bonds. The number of allylic oxidation sites excluding steroid dienone is 2. The largest absolute Gasteiger partial charge is 0.508 e. The number of likely N-dealkylation sites (tertiary alicyclic amines) is 1. The third kappa shape index (κ3) is 5.28. The zero-order valence-corrected chi connectivity index (χ0v) is 21.5. The summed E-state index contributed by atoms with van der Waals surface area (Å²) >= 11 is 0. The molecule has 4 rings (SSSR count). The van der Waals surface area contributed by atoms with Gasteiger partial charge in [-0.2, -0.15) is 4.90 Å². The van der Waals surface area contributed by atoms with Crippen LogP contribution < -0.4 is 0 Å².